The lowest BCUT2D eigenvalue weighted by Gasteiger charge is -2.40. The van der Waals surface area contributed by atoms with E-state index in [1.807, 2.05) is 0 Å². The maximum atomic E-state index is 11.9. The number of ether oxygens (including phenoxy) is 2. The van der Waals surface area contributed by atoms with Crippen molar-refractivity contribution in [1.82, 2.24) is 5.32 Å². The summed E-state index contributed by atoms with van der Waals surface area (Å²) < 4.78 is 43.2. The highest BCUT2D eigenvalue weighted by Crippen LogP contribution is 2.27. The van der Waals surface area contributed by atoms with E-state index >= 15 is 0 Å². The van der Waals surface area contributed by atoms with E-state index in [1.54, 1.807) is 0 Å². The number of aliphatic imine (C=N–C) groups is 1. The van der Waals surface area contributed by atoms with Gasteiger partial charge >= 0.3 is 18.1 Å². The third kappa shape index (κ3) is 16.4. The van der Waals surface area contributed by atoms with Gasteiger partial charge < -0.3 is 46.7 Å². The van der Waals surface area contributed by atoms with Crippen molar-refractivity contribution >= 4 is 23.8 Å². The number of aliphatic carboxylic acids is 2. The largest absolute Gasteiger partial charge is 0.490 e. The van der Waals surface area contributed by atoms with Gasteiger partial charge in [-0.1, -0.05) is 64.7 Å². The molecule has 0 aromatic rings. The highest BCUT2D eigenvalue weighted by atomic mass is 19.4. The molecule has 1 amide bonds. The van der Waals surface area contributed by atoms with Gasteiger partial charge in [0.25, 0.3) is 0 Å². The fourth-order valence-corrected chi connectivity index (χ4v) is 4.13. The molecule has 1 rings (SSSR count). The number of carbonyl (C=O) groups is 3. The molecule has 42 heavy (non-hydrogen) atoms. The highest BCUT2D eigenvalue weighted by molar-refractivity contribution is 5.85. The average Bonchev–Trinajstić information content (AvgIpc) is 2.89. The molecule has 0 aromatic heterocycles. The third-order valence-corrected chi connectivity index (χ3v) is 6.13. The number of halogens is 3. The summed E-state index contributed by atoms with van der Waals surface area (Å²) in [4.78, 5) is 36.4. The molecule has 0 saturated carbocycles. The Kier molecular flexibility index (Phi) is 19.2. The number of aliphatic hydroxyl groups excluding tert-OH is 2. The van der Waals surface area contributed by atoms with Crippen LogP contribution in [-0.2, 0) is 23.9 Å². The van der Waals surface area contributed by atoms with Crippen LogP contribution in [0.2, 0.25) is 0 Å². The normalized spacial score (nSPS) is 19.7. The Hall–Kier alpha value is -3.11. The van der Waals surface area contributed by atoms with Crippen molar-refractivity contribution in [1.29, 1.82) is 0 Å². The number of rotatable bonds is 18. The van der Waals surface area contributed by atoms with Gasteiger partial charge in [-0.15, -0.1) is 0 Å². The van der Waals surface area contributed by atoms with Crippen LogP contribution < -0.4 is 16.8 Å². The lowest BCUT2D eigenvalue weighted by Crippen LogP contribution is -2.60. The van der Waals surface area contributed by atoms with Gasteiger partial charge in [0.1, 0.15) is 12.2 Å². The van der Waals surface area contributed by atoms with Gasteiger partial charge in [0, 0.05) is 13.5 Å². The smallest absolute Gasteiger partial charge is 0.478 e. The van der Waals surface area contributed by atoms with Crippen molar-refractivity contribution in [3.05, 3.63) is 11.8 Å². The first-order chi connectivity index (χ1) is 19.6. The number of nitrogens with one attached hydrogen (secondary N) is 1. The van der Waals surface area contributed by atoms with E-state index in [-0.39, 0.29) is 12.6 Å². The number of nitrogens with two attached hydrogens (primary N) is 2. The van der Waals surface area contributed by atoms with E-state index in [4.69, 9.17) is 30.8 Å². The number of hydrogen-bond donors (Lipinski definition) is 7. The minimum atomic E-state index is -5.08. The number of alkyl halides is 3. The molecule has 0 radical (unpaired) electrons. The van der Waals surface area contributed by atoms with Crippen LogP contribution >= 0.6 is 0 Å². The maximum Gasteiger partial charge on any atom is 0.490 e. The lowest BCUT2D eigenvalue weighted by molar-refractivity contribution is -0.192. The quantitative estimate of drug-likeness (QED) is 0.0669. The van der Waals surface area contributed by atoms with Crippen LogP contribution in [0.3, 0.4) is 0 Å². The molecular weight excluding hydrogens is 569 g/mol. The zero-order valence-corrected chi connectivity index (χ0v) is 24.0. The van der Waals surface area contributed by atoms with Crippen LogP contribution in [0.15, 0.2) is 16.8 Å². The average molecular weight is 615 g/mol. The van der Waals surface area contributed by atoms with Crippen molar-refractivity contribution in [2.24, 2.45) is 16.5 Å². The molecule has 9 N–H and O–H groups in total. The SMILES string of the molecule is CCCCCCCCCCCCO[C@@H]([C@@H]1OC(C(=O)O)=C[C@H](N=C(N)N)[C@H]1NC(C)=O)[C@H](O)CO.O=C(O)C(F)(F)F. The van der Waals surface area contributed by atoms with Crippen LogP contribution in [0.1, 0.15) is 78.1 Å². The summed E-state index contributed by atoms with van der Waals surface area (Å²) in [7, 11) is 0. The van der Waals surface area contributed by atoms with Gasteiger partial charge in [0.15, 0.2) is 12.1 Å². The molecule has 244 valence electrons. The van der Waals surface area contributed by atoms with E-state index in [0.717, 1.165) is 25.7 Å². The molecule has 0 aliphatic carbocycles. The molecule has 1 aliphatic rings. The minimum Gasteiger partial charge on any atom is -0.478 e. The van der Waals surface area contributed by atoms with Crippen LogP contribution in [0, 0.1) is 0 Å². The Bertz CT molecular complexity index is 884. The fourth-order valence-electron chi connectivity index (χ4n) is 4.13. The highest BCUT2D eigenvalue weighted by Gasteiger charge is 2.45. The number of aliphatic hydroxyl groups is 2. The number of carboxylic acid groups (broad SMARTS) is 2. The van der Waals surface area contributed by atoms with E-state index in [2.05, 4.69) is 17.2 Å². The minimum absolute atomic E-state index is 0.268. The summed E-state index contributed by atoms with van der Waals surface area (Å²) in [5, 5.41) is 39.3. The Balaban J connectivity index is 0.00000212. The summed E-state index contributed by atoms with van der Waals surface area (Å²) in [6.07, 6.45) is 3.88. The summed E-state index contributed by atoms with van der Waals surface area (Å²) in [6.45, 7) is 3.11. The first-order valence-corrected chi connectivity index (χ1v) is 13.8. The Morgan fingerprint density at radius 1 is 1.05 bits per heavy atom. The summed E-state index contributed by atoms with van der Waals surface area (Å²) in [5.74, 6) is -5.30. The number of amides is 1. The molecular formula is C26H45F3N4O9. The van der Waals surface area contributed by atoms with Gasteiger partial charge in [-0.25, -0.2) is 14.6 Å². The molecule has 1 heterocycles. The van der Waals surface area contributed by atoms with Gasteiger partial charge in [-0.3, -0.25) is 4.79 Å². The van der Waals surface area contributed by atoms with Crippen LogP contribution in [0.4, 0.5) is 13.2 Å². The molecule has 1 aliphatic heterocycles. The molecule has 0 aromatic carbocycles. The zero-order chi connectivity index (χ0) is 32.3. The molecule has 0 saturated heterocycles. The molecule has 0 spiro atoms. The first-order valence-electron chi connectivity index (χ1n) is 13.8. The lowest BCUT2D eigenvalue weighted by atomic mass is 9.92. The van der Waals surface area contributed by atoms with Gasteiger partial charge in [0.05, 0.1) is 18.7 Å². The number of carboxylic acids is 2. The number of carbonyl (C=O) groups excluding carboxylic acids is 1. The molecule has 13 nitrogen and oxygen atoms in total. The number of unbranched alkanes of at least 4 members (excludes halogenated alkanes) is 9. The Morgan fingerprint density at radius 2 is 1.55 bits per heavy atom. The van der Waals surface area contributed by atoms with Crippen molar-refractivity contribution < 1.29 is 57.5 Å². The second kappa shape index (κ2) is 20.7. The second-order valence-corrected chi connectivity index (χ2v) is 9.76. The van der Waals surface area contributed by atoms with E-state index in [1.165, 1.54) is 51.5 Å². The first kappa shape index (κ1) is 38.9. The molecule has 16 heteroatoms. The summed E-state index contributed by atoms with van der Waals surface area (Å²) in [5.41, 5.74) is 11.0. The number of hydrogen-bond acceptors (Lipinski definition) is 8. The van der Waals surface area contributed by atoms with Crippen LogP contribution in [0.25, 0.3) is 0 Å². The van der Waals surface area contributed by atoms with E-state index < -0.39 is 66.8 Å². The van der Waals surface area contributed by atoms with Crippen molar-refractivity contribution in [2.75, 3.05) is 13.2 Å². The van der Waals surface area contributed by atoms with Crippen molar-refractivity contribution in [2.45, 2.75) is 115 Å². The van der Waals surface area contributed by atoms with Gasteiger partial charge in [-0.05, 0) is 12.5 Å². The molecule has 0 fully saturated rings. The number of guanidine groups is 1. The number of nitrogens with zero attached hydrogens (tertiary/aromatic N) is 1. The van der Waals surface area contributed by atoms with Gasteiger partial charge in [-0.2, -0.15) is 13.2 Å². The molecule has 0 unspecified atom stereocenters. The standard InChI is InChI=1S/C24H44N4O7.C2HF3O2/c1-3-4-5-6-7-8-9-10-11-12-13-34-21(18(31)15-29)22-20(27-16(2)30)17(28-24(25)26)14-19(35-22)23(32)33;3-2(4,5)1(6)7/h14,17-18,20-22,29,31H,3-13,15H2,1-2H3,(H,27,30)(H,32,33)(H4,25,26,28);(H,6,7)/t17-,18+,20+,21+,22+;/m0./s1. The summed E-state index contributed by atoms with van der Waals surface area (Å²) in [6, 6.07) is -1.90. The van der Waals surface area contributed by atoms with Crippen molar-refractivity contribution in [3.63, 3.8) is 0 Å². The fraction of sp³-hybridized carbons (Fsp3) is 0.769. The van der Waals surface area contributed by atoms with Crippen molar-refractivity contribution in [3.8, 4) is 0 Å². The van der Waals surface area contributed by atoms with E-state index in [9.17, 15) is 38.1 Å². The van der Waals surface area contributed by atoms with Gasteiger partial charge in [0.2, 0.25) is 11.7 Å². The third-order valence-electron chi connectivity index (χ3n) is 6.13. The summed E-state index contributed by atoms with van der Waals surface area (Å²) >= 11 is 0. The maximum absolute atomic E-state index is 11.9. The second-order valence-electron chi connectivity index (χ2n) is 9.76. The van der Waals surface area contributed by atoms with E-state index in [0.29, 0.717) is 0 Å². The predicted molar refractivity (Wildman–Crippen MR) is 146 cm³/mol. The topological polar surface area (TPSA) is 227 Å². The molecule has 5 atom stereocenters. The Morgan fingerprint density at radius 3 is 1.95 bits per heavy atom. The Labute approximate surface area is 243 Å². The monoisotopic (exact) mass is 614 g/mol. The van der Waals surface area contributed by atoms with Crippen LogP contribution in [0.5, 0.6) is 0 Å². The zero-order valence-electron chi connectivity index (χ0n) is 24.0. The van der Waals surface area contributed by atoms with Crippen LogP contribution in [-0.4, -0.2) is 94.0 Å². The predicted octanol–water partition coefficient (Wildman–Crippen LogP) is 1.79. The molecule has 0 bridgehead atoms.